The molecular formula is C37H66N4O12. The second-order valence-corrected chi connectivity index (χ2v) is 13.7. The van der Waals surface area contributed by atoms with Gasteiger partial charge in [0.1, 0.15) is 55.4 Å². The summed E-state index contributed by atoms with van der Waals surface area (Å²) in [6.45, 7) is 5.17. The van der Waals surface area contributed by atoms with E-state index in [0.29, 0.717) is 6.42 Å². The van der Waals surface area contributed by atoms with E-state index >= 15 is 0 Å². The predicted octanol–water partition coefficient (Wildman–Crippen LogP) is 2.33. The van der Waals surface area contributed by atoms with E-state index in [1.165, 1.54) is 78.1 Å². The van der Waals surface area contributed by atoms with Crippen LogP contribution >= 0.6 is 0 Å². The lowest BCUT2D eigenvalue weighted by Crippen LogP contribution is -2.57. The van der Waals surface area contributed by atoms with Crippen molar-refractivity contribution in [1.82, 2.24) is 16.0 Å². The third-order valence-electron chi connectivity index (χ3n) is 8.79. The van der Waals surface area contributed by atoms with Gasteiger partial charge in [0.25, 0.3) is 0 Å². The van der Waals surface area contributed by atoms with Gasteiger partial charge in [0.05, 0.1) is 0 Å². The first-order chi connectivity index (χ1) is 25.1. The Balaban J connectivity index is 4.82. The summed E-state index contributed by atoms with van der Waals surface area (Å²) < 4.78 is 10.7. The molecular weight excluding hydrogens is 692 g/mol. The molecule has 0 saturated carbocycles. The molecule has 16 heteroatoms. The lowest BCUT2D eigenvalue weighted by Gasteiger charge is -2.32. The van der Waals surface area contributed by atoms with E-state index in [9.17, 15) is 43.8 Å². The number of carboxylic acid groups (broad SMARTS) is 1. The van der Waals surface area contributed by atoms with Crippen molar-refractivity contribution in [3.63, 3.8) is 0 Å². The molecule has 0 bridgehead atoms. The Labute approximate surface area is 314 Å². The zero-order chi connectivity index (χ0) is 40.2. The minimum Gasteiger partial charge on any atom is -0.481 e. The zero-order valence-corrected chi connectivity index (χ0v) is 32.1. The first kappa shape index (κ1) is 49.4. The Kier molecular flexibility index (Phi) is 27.7. The quantitative estimate of drug-likeness (QED) is 0.0289. The van der Waals surface area contributed by atoms with Crippen molar-refractivity contribution in [3.05, 3.63) is 0 Å². The van der Waals surface area contributed by atoms with Crippen molar-refractivity contribution >= 4 is 41.9 Å². The van der Waals surface area contributed by atoms with Gasteiger partial charge in [-0.05, 0) is 26.7 Å². The number of aldehydes is 1. The summed E-state index contributed by atoms with van der Waals surface area (Å²) in [6.07, 6.45) is 10.5. The van der Waals surface area contributed by atoms with Crippen LogP contribution < -0.4 is 21.7 Å². The van der Waals surface area contributed by atoms with Crippen LogP contribution in [0.4, 0.5) is 0 Å². The maximum atomic E-state index is 12.9. The van der Waals surface area contributed by atoms with Gasteiger partial charge >= 0.3 is 11.9 Å². The van der Waals surface area contributed by atoms with Crippen molar-refractivity contribution in [3.8, 4) is 0 Å². The van der Waals surface area contributed by atoms with Gasteiger partial charge in [-0.3, -0.25) is 28.8 Å². The predicted molar refractivity (Wildman–Crippen MR) is 196 cm³/mol. The van der Waals surface area contributed by atoms with Crippen LogP contribution in [-0.2, 0) is 43.0 Å². The fourth-order valence-corrected chi connectivity index (χ4v) is 5.56. The normalized spacial score (nSPS) is 15.1. The van der Waals surface area contributed by atoms with Crippen LogP contribution in [0.2, 0.25) is 0 Å². The lowest BCUT2D eigenvalue weighted by atomic mass is 10.0. The summed E-state index contributed by atoms with van der Waals surface area (Å²) in [5.74, 6) is -5.22. The van der Waals surface area contributed by atoms with Gasteiger partial charge in [-0.25, -0.2) is 0 Å². The van der Waals surface area contributed by atoms with Crippen LogP contribution in [0, 0.1) is 0 Å². The van der Waals surface area contributed by atoms with Crippen molar-refractivity contribution in [1.29, 1.82) is 0 Å². The number of esters is 1. The number of carboxylic acids is 1. The van der Waals surface area contributed by atoms with Crippen LogP contribution in [0.15, 0.2) is 0 Å². The summed E-state index contributed by atoms with van der Waals surface area (Å²) >= 11 is 0. The number of aliphatic hydroxyl groups is 2. The van der Waals surface area contributed by atoms with Crippen LogP contribution in [0.25, 0.3) is 0 Å². The highest BCUT2D eigenvalue weighted by molar-refractivity contribution is 5.92. The van der Waals surface area contributed by atoms with Crippen LogP contribution in [0.3, 0.4) is 0 Å². The average molecular weight is 759 g/mol. The lowest BCUT2D eigenvalue weighted by molar-refractivity contribution is -0.164. The molecule has 4 amide bonds. The second-order valence-electron chi connectivity index (χ2n) is 13.7. The van der Waals surface area contributed by atoms with Gasteiger partial charge < -0.3 is 51.3 Å². The number of aliphatic hydroxyl groups excluding tert-OH is 2. The Morgan fingerprint density at radius 3 is 1.70 bits per heavy atom. The molecule has 306 valence electrons. The molecule has 0 aliphatic heterocycles. The van der Waals surface area contributed by atoms with Gasteiger partial charge in [0, 0.05) is 19.8 Å². The maximum absolute atomic E-state index is 12.9. The van der Waals surface area contributed by atoms with E-state index < -0.39 is 91.1 Å². The monoisotopic (exact) mass is 758 g/mol. The minimum atomic E-state index is -1.92. The van der Waals surface area contributed by atoms with Gasteiger partial charge in [0.2, 0.25) is 23.6 Å². The number of rotatable bonds is 33. The molecule has 7 unspecified atom stereocenters. The first-order valence-corrected chi connectivity index (χ1v) is 19.2. The summed E-state index contributed by atoms with van der Waals surface area (Å²) in [4.78, 5) is 83.8. The van der Waals surface area contributed by atoms with E-state index in [-0.39, 0.29) is 19.1 Å². The SMILES string of the molecule is CCCCCCCCCCCCCCCCCC(=O)OCC(O)C(O)C(OC(C)C(=O)NC(C)C(=O)NC(CCC(=O)O)C(N)=O)C(C=O)NC(C)=O. The van der Waals surface area contributed by atoms with Gasteiger partial charge in [0.15, 0.2) is 0 Å². The Morgan fingerprint density at radius 1 is 0.736 bits per heavy atom. The smallest absolute Gasteiger partial charge is 0.305 e. The standard InChI is InChI=1S/C37H66N4O12/c1-5-6-7-8-9-10-11-12-13-14-15-16-17-18-19-20-32(47)52-24-30(44)33(48)34(29(23-42)40-27(4)43)53-26(3)37(51)39-25(2)36(50)41-28(35(38)49)21-22-31(45)46/h23,25-26,28-30,33-34,44,48H,5-22,24H2,1-4H3,(H2,38,49)(H,39,51)(H,40,43)(H,41,50)(H,45,46). The van der Waals surface area contributed by atoms with Gasteiger partial charge in [-0.15, -0.1) is 0 Å². The molecule has 16 nitrogen and oxygen atoms in total. The van der Waals surface area contributed by atoms with E-state index in [0.717, 1.165) is 32.6 Å². The molecule has 0 aromatic rings. The summed E-state index contributed by atoms with van der Waals surface area (Å²) in [6, 6.07) is -4.11. The zero-order valence-electron chi connectivity index (χ0n) is 32.1. The number of nitrogens with one attached hydrogen (secondary N) is 3. The molecule has 0 aromatic heterocycles. The topological polar surface area (TPSA) is 261 Å². The number of unbranched alkanes of at least 4 members (excludes halogenated alkanes) is 14. The minimum absolute atomic E-state index is 0.118. The number of nitrogens with two attached hydrogens (primary N) is 1. The molecule has 0 aromatic carbocycles. The maximum Gasteiger partial charge on any atom is 0.305 e. The van der Waals surface area contributed by atoms with E-state index in [2.05, 4.69) is 22.9 Å². The molecule has 0 radical (unpaired) electrons. The van der Waals surface area contributed by atoms with Crippen LogP contribution in [-0.4, -0.2) is 106 Å². The van der Waals surface area contributed by atoms with E-state index in [1.54, 1.807) is 0 Å². The summed E-state index contributed by atoms with van der Waals surface area (Å²) in [5, 5.41) is 37.2. The van der Waals surface area contributed by atoms with Gasteiger partial charge in [-0.2, -0.15) is 0 Å². The molecule has 0 aliphatic carbocycles. The highest BCUT2D eigenvalue weighted by atomic mass is 16.5. The molecule has 0 rings (SSSR count). The Bertz CT molecular complexity index is 1110. The highest BCUT2D eigenvalue weighted by Crippen LogP contribution is 2.16. The molecule has 53 heavy (non-hydrogen) atoms. The number of amides is 4. The van der Waals surface area contributed by atoms with Crippen molar-refractivity contribution in [2.45, 2.75) is 186 Å². The molecule has 0 aliphatic rings. The summed E-state index contributed by atoms with van der Waals surface area (Å²) in [5.41, 5.74) is 5.23. The third kappa shape index (κ3) is 24.3. The first-order valence-electron chi connectivity index (χ1n) is 19.2. The number of carbonyl (C=O) groups is 7. The largest absolute Gasteiger partial charge is 0.481 e. The van der Waals surface area contributed by atoms with Crippen LogP contribution in [0.5, 0.6) is 0 Å². The van der Waals surface area contributed by atoms with Crippen LogP contribution in [0.1, 0.15) is 143 Å². The molecule has 7 atom stereocenters. The Hall–Kier alpha value is -3.63. The van der Waals surface area contributed by atoms with E-state index in [1.807, 2.05) is 0 Å². The number of hydrogen-bond acceptors (Lipinski definition) is 11. The second kappa shape index (κ2) is 29.8. The molecule has 0 fully saturated rings. The molecule has 0 heterocycles. The fraction of sp³-hybridized carbons (Fsp3) is 0.811. The summed E-state index contributed by atoms with van der Waals surface area (Å²) in [7, 11) is 0. The molecule has 8 N–H and O–H groups in total. The van der Waals surface area contributed by atoms with Crippen molar-refractivity contribution < 1.29 is 58.4 Å². The number of primary amides is 1. The molecule has 0 saturated heterocycles. The fourth-order valence-electron chi connectivity index (χ4n) is 5.56. The Morgan fingerprint density at radius 2 is 1.25 bits per heavy atom. The number of ether oxygens (including phenoxy) is 2. The van der Waals surface area contributed by atoms with Gasteiger partial charge in [-0.1, -0.05) is 96.8 Å². The van der Waals surface area contributed by atoms with Crippen molar-refractivity contribution in [2.24, 2.45) is 5.73 Å². The number of hydrogen-bond donors (Lipinski definition) is 7. The third-order valence-corrected chi connectivity index (χ3v) is 8.79. The average Bonchev–Trinajstić information content (AvgIpc) is 3.10. The number of carbonyl (C=O) groups excluding carboxylic acids is 6. The van der Waals surface area contributed by atoms with Crippen molar-refractivity contribution in [2.75, 3.05) is 6.61 Å². The van der Waals surface area contributed by atoms with E-state index in [4.69, 9.17) is 20.3 Å². The molecule has 0 spiro atoms. The highest BCUT2D eigenvalue weighted by Gasteiger charge is 2.38. The number of aliphatic carboxylic acids is 1.